The maximum absolute atomic E-state index is 5.90. The summed E-state index contributed by atoms with van der Waals surface area (Å²) in [6, 6.07) is 4.57. The van der Waals surface area contributed by atoms with E-state index in [4.69, 9.17) is 5.84 Å². The van der Waals surface area contributed by atoms with Crippen molar-refractivity contribution in [3.8, 4) is 0 Å². The third-order valence-electron chi connectivity index (χ3n) is 4.78. The molecule has 20 heavy (non-hydrogen) atoms. The predicted octanol–water partition coefficient (Wildman–Crippen LogP) is 4.02. The number of hydrazine groups is 1. The van der Waals surface area contributed by atoms with Crippen molar-refractivity contribution in [2.75, 3.05) is 0 Å². The van der Waals surface area contributed by atoms with Gasteiger partial charge < -0.3 is 0 Å². The fourth-order valence-corrected chi connectivity index (χ4v) is 4.47. The second-order valence-electron chi connectivity index (χ2n) is 5.83. The number of nitrogens with two attached hydrogens (primary N) is 1. The van der Waals surface area contributed by atoms with Gasteiger partial charge in [-0.2, -0.15) is 0 Å². The molecule has 3 N–H and O–H groups in total. The minimum absolute atomic E-state index is 0.235. The first-order valence-electron chi connectivity index (χ1n) is 7.62. The molecule has 0 radical (unpaired) electrons. The molecule has 0 spiro atoms. The van der Waals surface area contributed by atoms with Gasteiger partial charge in [0.15, 0.2) is 0 Å². The van der Waals surface area contributed by atoms with Gasteiger partial charge >= 0.3 is 0 Å². The largest absolute Gasteiger partial charge is 0.271 e. The lowest BCUT2D eigenvalue weighted by atomic mass is 9.73. The Morgan fingerprint density at radius 1 is 1.45 bits per heavy atom. The maximum Gasteiger partial charge on any atom is 0.0809 e. The lowest BCUT2D eigenvalue weighted by Crippen LogP contribution is -2.38. The van der Waals surface area contributed by atoms with Crippen molar-refractivity contribution in [3.05, 3.63) is 29.3 Å². The standard InChI is InChI=1S/C16H23N3S/c1-2-11-5-3-4-6-13(11)16(19-17)12-9-15-14(18-10-12)7-8-20-15/h7-11,13,16,19H,2-6,17H2,1H3. The first kappa shape index (κ1) is 14.0. The van der Waals surface area contributed by atoms with Crippen LogP contribution in [-0.4, -0.2) is 4.98 Å². The summed E-state index contributed by atoms with van der Waals surface area (Å²) < 4.78 is 1.26. The van der Waals surface area contributed by atoms with Gasteiger partial charge in [0.05, 0.1) is 16.3 Å². The number of nitrogens with one attached hydrogen (secondary N) is 1. The molecule has 3 nitrogen and oxygen atoms in total. The molecule has 2 heterocycles. The fraction of sp³-hybridized carbons (Fsp3) is 0.562. The maximum atomic E-state index is 5.90. The SMILES string of the molecule is CCC1CCCCC1C(NN)c1cnc2ccsc2c1. The summed E-state index contributed by atoms with van der Waals surface area (Å²) in [4.78, 5) is 4.57. The molecule has 108 valence electrons. The van der Waals surface area contributed by atoms with E-state index in [1.165, 1.54) is 42.4 Å². The molecule has 1 fully saturated rings. The van der Waals surface area contributed by atoms with Gasteiger partial charge in [-0.3, -0.25) is 16.3 Å². The van der Waals surface area contributed by atoms with Crippen LogP contribution < -0.4 is 11.3 Å². The molecule has 0 aliphatic heterocycles. The summed E-state index contributed by atoms with van der Waals surface area (Å²) in [6.45, 7) is 2.30. The molecule has 1 aliphatic rings. The van der Waals surface area contributed by atoms with Gasteiger partial charge in [0, 0.05) is 6.20 Å². The summed E-state index contributed by atoms with van der Waals surface area (Å²) in [6.07, 6.45) is 8.56. The van der Waals surface area contributed by atoms with Crippen molar-refractivity contribution in [3.63, 3.8) is 0 Å². The number of hydrogen-bond acceptors (Lipinski definition) is 4. The van der Waals surface area contributed by atoms with Gasteiger partial charge in [-0.15, -0.1) is 11.3 Å². The molecule has 1 saturated carbocycles. The Morgan fingerprint density at radius 2 is 2.30 bits per heavy atom. The number of pyridine rings is 1. The number of aromatic nitrogens is 1. The first-order chi connectivity index (χ1) is 9.83. The highest BCUT2D eigenvalue weighted by molar-refractivity contribution is 7.17. The van der Waals surface area contributed by atoms with E-state index in [2.05, 4.69) is 34.8 Å². The van der Waals surface area contributed by atoms with Crippen LogP contribution in [0.5, 0.6) is 0 Å². The molecule has 3 unspecified atom stereocenters. The van der Waals surface area contributed by atoms with E-state index in [0.717, 1.165) is 11.4 Å². The van der Waals surface area contributed by atoms with Crippen molar-refractivity contribution in [1.29, 1.82) is 0 Å². The molecular weight excluding hydrogens is 266 g/mol. The zero-order chi connectivity index (χ0) is 13.9. The monoisotopic (exact) mass is 289 g/mol. The second-order valence-corrected chi connectivity index (χ2v) is 6.78. The number of hydrogen-bond donors (Lipinski definition) is 2. The van der Waals surface area contributed by atoms with Gasteiger partial charge in [0.2, 0.25) is 0 Å². The molecule has 3 rings (SSSR count). The Labute approximate surface area is 124 Å². The van der Waals surface area contributed by atoms with Crippen molar-refractivity contribution in [2.24, 2.45) is 17.7 Å². The van der Waals surface area contributed by atoms with Crippen LogP contribution in [0.2, 0.25) is 0 Å². The van der Waals surface area contributed by atoms with Crippen LogP contribution in [0.4, 0.5) is 0 Å². The Bertz CT molecular complexity index is 566. The normalized spacial score (nSPS) is 24.9. The Morgan fingerprint density at radius 3 is 3.10 bits per heavy atom. The van der Waals surface area contributed by atoms with Crippen LogP contribution in [0.25, 0.3) is 10.2 Å². The zero-order valence-corrected chi connectivity index (χ0v) is 12.8. The molecule has 0 aromatic carbocycles. The Balaban J connectivity index is 1.91. The Hall–Kier alpha value is -0.970. The van der Waals surface area contributed by atoms with Gasteiger partial charge in [-0.1, -0.05) is 32.6 Å². The first-order valence-corrected chi connectivity index (χ1v) is 8.50. The highest BCUT2D eigenvalue weighted by atomic mass is 32.1. The van der Waals surface area contributed by atoms with E-state index in [0.29, 0.717) is 5.92 Å². The smallest absolute Gasteiger partial charge is 0.0809 e. The van der Waals surface area contributed by atoms with E-state index in [9.17, 15) is 0 Å². The van der Waals surface area contributed by atoms with E-state index < -0.39 is 0 Å². The number of rotatable bonds is 4. The van der Waals surface area contributed by atoms with Crippen LogP contribution in [0.15, 0.2) is 23.7 Å². The predicted molar refractivity (Wildman–Crippen MR) is 85.4 cm³/mol. The van der Waals surface area contributed by atoms with Gasteiger partial charge in [0.1, 0.15) is 0 Å². The third-order valence-corrected chi connectivity index (χ3v) is 5.64. The minimum atomic E-state index is 0.235. The van der Waals surface area contributed by atoms with Crippen molar-refractivity contribution in [1.82, 2.24) is 10.4 Å². The van der Waals surface area contributed by atoms with Crippen LogP contribution in [-0.2, 0) is 0 Å². The zero-order valence-electron chi connectivity index (χ0n) is 12.0. The lowest BCUT2D eigenvalue weighted by Gasteiger charge is -2.36. The molecule has 3 atom stereocenters. The summed E-state index contributed by atoms with van der Waals surface area (Å²) in [5.74, 6) is 7.32. The molecule has 0 saturated heterocycles. The van der Waals surface area contributed by atoms with Gasteiger partial charge in [0.25, 0.3) is 0 Å². The highest BCUT2D eigenvalue weighted by Gasteiger charge is 2.31. The molecule has 4 heteroatoms. The molecule has 2 aromatic rings. The van der Waals surface area contributed by atoms with E-state index in [-0.39, 0.29) is 6.04 Å². The van der Waals surface area contributed by atoms with Crippen LogP contribution in [0, 0.1) is 11.8 Å². The highest BCUT2D eigenvalue weighted by Crippen LogP contribution is 2.40. The average molecular weight is 289 g/mol. The topological polar surface area (TPSA) is 50.9 Å². The van der Waals surface area contributed by atoms with Crippen molar-refractivity contribution in [2.45, 2.75) is 45.1 Å². The van der Waals surface area contributed by atoms with Crippen molar-refractivity contribution >= 4 is 21.6 Å². The van der Waals surface area contributed by atoms with E-state index in [1.54, 1.807) is 11.3 Å². The Kier molecular flexibility index (Phi) is 4.34. The lowest BCUT2D eigenvalue weighted by molar-refractivity contribution is 0.176. The summed E-state index contributed by atoms with van der Waals surface area (Å²) in [7, 11) is 0. The summed E-state index contributed by atoms with van der Waals surface area (Å²) in [5.41, 5.74) is 5.41. The van der Waals surface area contributed by atoms with E-state index in [1.807, 2.05) is 6.20 Å². The average Bonchev–Trinajstić information content (AvgIpc) is 2.96. The second kappa shape index (κ2) is 6.20. The third kappa shape index (κ3) is 2.60. The molecule has 1 aliphatic carbocycles. The summed E-state index contributed by atoms with van der Waals surface area (Å²) >= 11 is 1.75. The van der Waals surface area contributed by atoms with E-state index >= 15 is 0 Å². The molecular formula is C16H23N3S. The number of fused-ring (bicyclic) bond motifs is 1. The number of nitrogens with zero attached hydrogens (tertiary/aromatic N) is 1. The van der Waals surface area contributed by atoms with Gasteiger partial charge in [-0.25, -0.2) is 0 Å². The van der Waals surface area contributed by atoms with Crippen molar-refractivity contribution < 1.29 is 0 Å². The van der Waals surface area contributed by atoms with Gasteiger partial charge in [-0.05, 0) is 41.3 Å². The fourth-order valence-electron chi connectivity index (χ4n) is 3.68. The van der Waals surface area contributed by atoms with Crippen LogP contribution in [0.3, 0.4) is 0 Å². The van der Waals surface area contributed by atoms with Crippen LogP contribution in [0.1, 0.15) is 50.6 Å². The van der Waals surface area contributed by atoms with Crippen LogP contribution >= 0.6 is 11.3 Å². The molecule has 2 aromatic heterocycles. The quantitative estimate of drug-likeness (QED) is 0.660. The summed E-state index contributed by atoms with van der Waals surface area (Å²) in [5, 5.41) is 2.10. The molecule has 0 bridgehead atoms. The minimum Gasteiger partial charge on any atom is -0.271 e. The number of thiophene rings is 1. The molecule has 0 amide bonds.